The molecular formula is C39H73N2O6P. The second-order valence-electron chi connectivity index (χ2n) is 12.8. The molecule has 3 unspecified atom stereocenters. The number of aliphatic hydroxyl groups excluding tert-OH is 1. The van der Waals surface area contributed by atoms with Crippen LogP contribution in [0.25, 0.3) is 0 Å². The third-order valence-corrected chi connectivity index (χ3v) is 9.11. The van der Waals surface area contributed by atoms with Gasteiger partial charge in [0.05, 0.1) is 25.4 Å². The number of aliphatic hydroxyl groups is 1. The minimum Gasteiger partial charge on any atom is -0.387 e. The average molecular weight is 697 g/mol. The molecule has 9 heteroatoms. The second-order valence-corrected chi connectivity index (χ2v) is 14.2. The lowest BCUT2D eigenvalue weighted by atomic mass is 10.1. The number of nitrogens with two attached hydrogens (primary N) is 1. The van der Waals surface area contributed by atoms with E-state index in [0.29, 0.717) is 6.42 Å². The summed E-state index contributed by atoms with van der Waals surface area (Å²) in [6, 6.07) is -0.880. The minimum atomic E-state index is -4.34. The van der Waals surface area contributed by atoms with E-state index < -0.39 is 20.0 Å². The standard InChI is InChI=1S/C39H73N2O6P/c1-3-5-7-9-11-13-15-16-17-18-19-20-21-23-25-27-29-31-33-39(43)41-37(36-47-48(44,45)46-35-34-40)38(42)32-30-28-26-24-22-14-12-10-8-6-4-2/h13,15,17-18,22,24,30,32,37-38,42H,3-12,14,16,19-21,23,25-29,31,33-36,40H2,1-2H3,(H,41,43)(H,44,45)/b15-13-,18-17-,24-22+,32-30+. The summed E-state index contributed by atoms with van der Waals surface area (Å²) in [4.78, 5) is 22.6. The van der Waals surface area contributed by atoms with Crippen LogP contribution in [0.4, 0.5) is 0 Å². The Bertz CT molecular complexity index is 892. The van der Waals surface area contributed by atoms with Crippen molar-refractivity contribution in [2.75, 3.05) is 19.8 Å². The molecule has 0 aliphatic heterocycles. The molecule has 0 aliphatic rings. The fraction of sp³-hybridized carbons (Fsp3) is 0.769. The third kappa shape index (κ3) is 33.0. The molecule has 0 aliphatic carbocycles. The van der Waals surface area contributed by atoms with E-state index in [1.54, 1.807) is 6.08 Å². The number of carbonyl (C=O) groups excluding carboxylic acids is 1. The van der Waals surface area contributed by atoms with Gasteiger partial charge in [0.1, 0.15) is 0 Å². The van der Waals surface area contributed by atoms with Gasteiger partial charge in [-0.15, -0.1) is 0 Å². The fourth-order valence-corrected chi connectivity index (χ4v) is 5.94. The Morgan fingerprint density at radius 3 is 1.75 bits per heavy atom. The lowest BCUT2D eigenvalue weighted by Crippen LogP contribution is -2.45. The van der Waals surface area contributed by atoms with Crippen LogP contribution in [0.1, 0.15) is 162 Å². The van der Waals surface area contributed by atoms with Crippen LogP contribution < -0.4 is 11.1 Å². The molecular weight excluding hydrogens is 623 g/mol. The maximum Gasteiger partial charge on any atom is 0.472 e. The zero-order valence-corrected chi connectivity index (χ0v) is 31.6. The van der Waals surface area contributed by atoms with Gasteiger partial charge in [0, 0.05) is 13.0 Å². The van der Waals surface area contributed by atoms with Crippen molar-refractivity contribution < 1.29 is 28.4 Å². The third-order valence-electron chi connectivity index (χ3n) is 8.13. The Morgan fingerprint density at radius 2 is 1.17 bits per heavy atom. The summed E-state index contributed by atoms with van der Waals surface area (Å²) >= 11 is 0. The van der Waals surface area contributed by atoms with Crippen molar-refractivity contribution in [3.8, 4) is 0 Å². The Hall–Kier alpha value is -1.54. The fourth-order valence-electron chi connectivity index (χ4n) is 5.18. The molecule has 0 rings (SSSR count). The van der Waals surface area contributed by atoms with Gasteiger partial charge in [-0.3, -0.25) is 13.8 Å². The number of phosphoric ester groups is 1. The zero-order chi connectivity index (χ0) is 35.4. The lowest BCUT2D eigenvalue weighted by Gasteiger charge is -2.23. The van der Waals surface area contributed by atoms with Crippen LogP contribution in [-0.2, 0) is 18.4 Å². The minimum absolute atomic E-state index is 0.0709. The quantitative estimate of drug-likeness (QED) is 0.0295. The number of unbranched alkanes of at least 4 members (excludes halogenated alkanes) is 17. The van der Waals surface area contributed by atoms with Gasteiger partial charge < -0.3 is 21.1 Å². The Morgan fingerprint density at radius 1 is 0.688 bits per heavy atom. The first-order valence-electron chi connectivity index (χ1n) is 19.3. The van der Waals surface area contributed by atoms with E-state index in [-0.39, 0.29) is 25.7 Å². The second kappa shape index (κ2) is 35.3. The molecule has 0 saturated heterocycles. The van der Waals surface area contributed by atoms with E-state index in [9.17, 15) is 19.4 Å². The van der Waals surface area contributed by atoms with Gasteiger partial charge in [-0.25, -0.2) is 4.57 Å². The van der Waals surface area contributed by atoms with Crippen LogP contribution in [0.3, 0.4) is 0 Å². The molecule has 8 nitrogen and oxygen atoms in total. The largest absolute Gasteiger partial charge is 0.472 e. The van der Waals surface area contributed by atoms with Crippen molar-refractivity contribution >= 4 is 13.7 Å². The Labute approximate surface area is 294 Å². The van der Waals surface area contributed by atoms with Crippen LogP contribution in [0, 0.1) is 0 Å². The zero-order valence-electron chi connectivity index (χ0n) is 30.7. The number of carbonyl (C=O) groups is 1. The summed E-state index contributed by atoms with van der Waals surface area (Å²) in [5, 5.41) is 13.6. The van der Waals surface area contributed by atoms with Gasteiger partial charge >= 0.3 is 7.82 Å². The molecule has 3 atom stereocenters. The number of allylic oxidation sites excluding steroid dienone is 7. The van der Waals surface area contributed by atoms with Crippen LogP contribution >= 0.6 is 7.82 Å². The van der Waals surface area contributed by atoms with Gasteiger partial charge in [0.15, 0.2) is 0 Å². The molecule has 0 aromatic rings. The Balaban J connectivity index is 4.31. The maximum atomic E-state index is 12.7. The van der Waals surface area contributed by atoms with Crippen molar-refractivity contribution in [3.63, 3.8) is 0 Å². The highest BCUT2D eigenvalue weighted by Gasteiger charge is 2.26. The summed E-state index contributed by atoms with van der Waals surface area (Å²) in [6.45, 7) is 4.04. The topological polar surface area (TPSA) is 131 Å². The first-order valence-corrected chi connectivity index (χ1v) is 20.8. The average Bonchev–Trinajstić information content (AvgIpc) is 3.07. The number of hydrogen-bond acceptors (Lipinski definition) is 6. The van der Waals surface area contributed by atoms with Crippen LogP contribution in [0.2, 0.25) is 0 Å². The molecule has 0 fully saturated rings. The molecule has 0 saturated carbocycles. The molecule has 0 heterocycles. The van der Waals surface area contributed by atoms with Crippen LogP contribution in [-0.4, -0.2) is 47.8 Å². The van der Waals surface area contributed by atoms with Crippen molar-refractivity contribution in [1.29, 1.82) is 0 Å². The molecule has 0 bridgehead atoms. The highest BCUT2D eigenvalue weighted by molar-refractivity contribution is 7.47. The Kier molecular flexibility index (Phi) is 34.2. The van der Waals surface area contributed by atoms with Gasteiger partial charge in [0.2, 0.25) is 5.91 Å². The number of hydrogen-bond donors (Lipinski definition) is 4. The van der Waals surface area contributed by atoms with Crippen molar-refractivity contribution in [1.82, 2.24) is 5.32 Å². The first-order chi connectivity index (χ1) is 23.4. The monoisotopic (exact) mass is 697 g/mol. The van der Waals surface area contributed by atoms with E-state index >= 15 is 0 Å². The molecule has 0 spiro atoms. The van der Waals surface area contributed by atoms with Gasteiger partial charge in [-0.05, 0) is 64.2 Å². The number of nitrogens with one attached hydrogen (secondary N) is 1. The normalized spacial score (nSPS) is 14.9. The molecule has 0 radical (unpaired) electrons. The van der Waals surface area contributed by atoms with E-state index in [1.165, 1.54) is 83.5 Å². The molecule has 280 valence electrons. The van der Waals surface area contributed by atoms with Crippen molar-refractivity contribution in [3.05, 3.63) is 48.6 Å². The summed E-state index contributed by atoms with van der Waals surface area (Å²) in [5.74, 6) is -0.216. The summed E-state index contributed by atoms with van der Waals surface area (Å²) in [5.41, 5.74) is 5.35. The molecule has 0 aromatic heterocycles. The molecule has 0 aromatic carbocycles. The predicted octanol–water partition coefficient (Wildman–Crippen LogP) is 10.2. The summed E-state index contributed by atoms with van der Waals surface area (Å²) in [6.07, 6.45) is 41.6. The SMILES string of the molecule is CCCCCC/C=C\C/C=C\CCCCCCCCCC(=O)NC(COP(=O)(O)OCCN)C(O)/C=C/CC/C=C/CCCCCCC. The first kappa shape index (κ1) is 46.5. The summed E-state index contributed by atoms with van der Waals surface area (Å²) < 4.78 is 22.0. The van der Waals surface area contributed by atoms with Gasteiger partial charge in [-0.1, -0.05) is 140 Å². The molecule has 5 N–H and O–H groups in total. The highest BCUT2D eigenvalue weighted by atomic mass is 31.2. The number of phosphoric acid groups is 1. The molecule has 48 heavy (non-hydrogen) atoms. The highest BCUT2D eigenvalue weighted by Crippen LogP contribution is 2.43. The van der Waals surface area contributed by atoms with Gasteiger partial charge in [0.25, 0.3) is 0 Å². The smallest absolute Gasteiger partial charge is 0.387 e. The maximum absolute atomic E-state index is 12.7. The summed E-state index contributed by atoms with van der Waals surface area (Å²) in [7, 11) is -4.34. The number of amides is 1. The van der Waals surface area contributed by atoms with E-state index in [0.717, 1.165) is 57.8 Å². The number of rotatable bonds is 35. The van der Waals surface area contributed by atoms with Crippen LogP contribution in [0.15, 0.2) is 48.6 Å². The van der Waals surface area contributed by atoms with Crippen LogP contribution in [0.5, 0.6) is 0 Å². The lowest BCUT2D eigenvalue weighted by molar-refractivity contribution is -0.123. The molecule has 1 amide bonds. The van der Waals surface area contributed by atoms with E-state index in [1.807, 2.05) is 6.08 Å². The van der Waals surface area contributed by atoms with Crippen molar-refractivity contribution in [2.24, 2.45) is 5.73 Å². The van der Waals surface area contributed by atoms with Gasteiger partial charge in [-0.2, -0.15) is 0 Å². The van der Waals surface area contributed by atoms with Crippen molar-refractivity contribution in [2.45, 2.75) is 174 Å². The predicted molar refractivity (Wildman–Crippen MR) is 203 cm³/mol. The van der Waals surface area contributed by atoms with E-state index in [4.69, 9.17) is 14.8 Å². The van der Waals surface area contributed by atoms with E-state index in [2.05, 4.69) is 55.6 Å².